The molecule has 1 aliphatic rings. The van der Waals surface area contributed by atoms with Crippen LogP contribution in [0.3, 0.4) is 0 Å². The minimum absolute atomic E-state index is 0.153. The van der Waals surface area contributed by atoms with Crippen LogP contribution in [0.4, 0.5) is 16.2 Å². The third kappa shape index (κ3) is 5.97. The van der Waals surface area contributed by atoms with Gasteiger partial charge in [0, 0.05) is 60.6 Å². The molecule has 0 radical (unpaired) electrons. The van der Waals surface area contributed by atoms with Crippen molar-refractivity contribution in [3.8, 4) is 34.0 Å². The predicted molar refractivity (Wildman–Crippen MR) is 159 cm³/mol. The second-order valence-electron chi connectivity index (χ2n) is 10.5. The molecule has 0 bridgehead atoms. The molecule has 10 nitrogen and oxygen atoms in total. The van der Waals surface area contributed by atoms with E-state index in [2.05, 4.69) is 69.8 Å². The summed E-state index contributed by atoms with van der Waals surface area (Å²) in [6.07, 6.45) is 8.10. The Kier molecular flexibility index (Phi) is 7.22. The summed E-state index contributed by atoms with van der Waals surface area (Å²) in [6.45, 7) is 6.10. The number of nitrogens with zero attached hydrogens (tertiary/aromatic N) is 5. The molecule has 208 valence electrons. The van der Waals surface area contributed by atoms with Crippen molar-refractivity contribution < 1.29 is 9.53 Å². The lowest BCUT2D eigenvalue weighted by atomic mass is 9.96. The minimum atomic E-state index is -0.347. The SMILES string of the molecule is CC(C)n1cc(NC(=O)Nc2ccc(Oc3ccnc(-c4cn[nH]c4)c3)cc2)c(-c2ccc3c(c2)CN(C)CC3)n1. The molecule has 0 saturated carbocycles. The van der Waals surface area contributed by atoms with Crippen molar-refractivity contribution in [2.45, 2.75) is 32.9 Å². The van der Waals surface area contributed by atoms with E-state index in [1.165, 1.54) is 11.1 Å². The number of carbonyl (C=O) groups excluding carboxylic acids is 1. The van der Waals surface area contributed by atoms with Crippen LogP contribution >= 0.6 is 0 Å². The number of nitrogens with one attached hydrogen (secondary N) is 3. The number of urea groups is 1. The number of H-pyrrole nitrogens is 1. The smallest absolute Gasteiger partial charge is 0.323 e. The lowest BCUT2D eigenvalue weighted by Crippen LogP contribution is -2.26. The molecular formula is C31H32N8O2. The van der Waals surface area contributed by atoms with E-state index in [4.69, 9.17) is 9.84 Å². The average Bonchev–Trinajstić information content (AvgIpc) is 3.65. The van der Waals surface area contributed by atoms with E-state index in [0.29, 0.717) is 22.9 Å². The Labute approximate surface area is 238 Å². The molecule has 5 aromatic rings. The molecule has 4 heterocycles. The summed E-state index contributed by atoms with van der Waals surface area (Å²) in [5.41, 5.74) is 7.35. The number of rotatable bonds is 7. The number of hydrogen-bond acceptors (Lipinski definition) is 6. The molecule has 10 heteroatoms. The second-order valence-corrected chi connectivity index (χ2v) is 10.5. The Morgan fingerprint density at radius 3 is 2.63 bits per heavy atom. The maximum atomic E-state index is 13.0. The van der Waals surface area contributed by atoms with Crippen LogP contribution in [0.15, 0.2) is 79.4 Å². The van der Waals surface area contributed by atoms with Gasteiger partial charge in [-0.05, 0) is 74.8 Å². The first kappa shape index (κ1) is 26.3. The number of hydrogen-bond donors (Lipinski definition) is 3. The zero-order chi connectivity index (χ0) is 28.3. The Bertz CT molecular complexity index is 1660. The number of aromatic nitrogens is 5. The maximum Gasteiger partial charge on any atom is 0.323 e. The van der Waals surface area contributed by atoms with Gasteiger partial charge >= 0.3 is 6.03 Å². The zero-order valence-electron chi connectivity index (χ0n) is 23.3. The van der Waals surface area contributed by atoms with Crippen molar-refractivity contribution in [1.82, 2.24) is 29.9 Å². The van der Waals surface area contributed by atoms with E-state index >= 15 is 0 Å². The van der Waals surface area contributed by atoms with Crippen LogP contribution < -0.4 is 15.4 Å². The van der Waals surface area contributed by atoms with Crippen LogP contribution in [0.2, 0.25) is 0 Å². The molecular weight excluding hydrogens is 516 g/mol. The fourth-order valence-corrected chi connectivity index (χ4v) is 4.86. The first-order valence-corrected chi connectivity index (χ1v) is 13.6. The van der Waals surface area contributed by atoms with E-state index in [-0.39, 0.29) is 12.1 Å². The van der Waals surface area contributed by atoms with Crippen LogP contribution in [-0.2, 0) is 13.0 Å². The number of ether oxygens (including phenoxy) is 1. The van der Waals surface area contributed by atoms with E-state index in [1.54, 1.807) is 48.9 Å². The van der Waals surface area contributed by atoms with Gasteiger partial charge < -0.3 is 20.3 Å². The molecule has 0 saturated heterocycles. The van der Waals surface area contributed by atoms with Crippen molar-refractivity contribution in [3.05, 3.63) is 90.5 Å². The molecule has 6 rings (SSSR count). The summed E-state index contributed by atoms with van der Waals surface area (Å²) in [6, 6.07) is 17.1. The van der Waals surface area contributed by atoms with Gasteiger partial charge in [-0.2, -0.15) is 10.2 Å². The highest BCUT2D eigenvalue weighted by Crippen LogP contribution is 2.32. The number of benzene rings is 2. The van der Waals surface area contributed by atoms with Crippen LogP contribution in [0.5, 0.6) is 11.5 Å². The Balaban J connectivity index is 1.14. The monoisotopic (exact) mass is 548 g/mol. The molecule has 3 aromatic heterocycles. The standard InChI is InChI=1S/C31H32N8O2/c1-20(2)39-19-29(30(37-39)22-5-4-21-11-13-38(3)18-23(21)14-22)36-31(40)35-25-6-8-26(9-7-25)41-27-10-12-32-28(15-27)24-16-33-34-17-24/h4-10,12,14-17,19-20H,11,13,18H2,1-3H3,(H,33,34)(H2,35,36,40). The molecule has 0 spiro atoms. The van der Waals surface area contributed by atoms with Crippen molar-refractivity contribution in [2.75, 3.05) is 24.2 Å². The number of pyridine rings is 1. The molecule has 0 unspecified atom stereocenters. The third-order valence-electron chi connectivity index (χ3n) is 7.07. The molecule has 0 atom stereocenters. The van der Waals surface area contributed by atoms with Gasteiger partial charge in [0.1, 0.15) is 17.2 Å². The van der Waals surface area contributed by atoms with Gasteiger partial charge in [0.2, 0.25) is 0 Å². The van der Waals surface area contributed by atoms with E-state index < -0.39 is 0 Å². The van der Waals surface area contributed by atoms with Crippen molar-refractivity contribution in [2.24, 2.45) is 0 Å². The largest absolute Gasteiger partial charge is 0.457 e. The number of carbonyl (C=O) groups is 1. The van der Waals surface area contributed by atoms with Crippen molar-refractivity contribution in [3.63, 3.8) is 0 Å². The zero-order valence-corrected chi connectivity index (χ0v) is 23.3. The highest BCUT2D eigenvalue weighted by molar-refractivity contribution is 6.01. The highest BCUT2D eigenvalue weighted by Gasteiger charge is 2.19. The first-order valence-electron chi connectivity index (χ1n) is 13.6. The lowest BCUT2D eigenvalue weighted by molar-refractivity contribution is 0.262. The molecule has 41 heavy (non-hydrogen) atoms. The number of fused-ring (bicyclic) bond motifs is 1. The van der Waals surface area contributed by atoms with Gasteiger partial charge in [-0.15, -0.1) is 0 Å². The van der Waals surface area contributed by atoms with Gasteiger partial charge in [-0.1, -0.05) is 12.1 Å². The quantitative estimate of drug-likeness (QED) is 0.219. The van der Waals surface area contributed by atoms with E-state index in [9.17, 15) is 4.79 Å². The predicted octanol–water partition coefficient (Wildman–Crippen LogP) is 6.34. The Morgan fingerprint density at radius 1 is 1.00 bits per heavy atom. The van der Waals surface area contributed by atoms with Gasteiger partial charge in [-0.25, -0.2) is 4.79 Å². The van der Waals surface area contributed by atoms with Gasteiger partial charge in [0.25, 0.3) is 0 Å². The van der Waals surface area contributed by atoms with Crippen molar-refractivity contribution in [1.29, 1.82) is 0 Å². The number of anilines is 2. The summed E-state index contributed by atoms with van der Waals surface area (Å²) in [5.74, 6) is 1.29. The minimum Gasteiger partial charge on any atom is -0.457 e. The summed E-state index contributed by atoms with van der Waals surface area (Å²) < 4.78 is 7.87. The molecule has 0 fully saturated rings. The molecule has 1 aliphatic heterocycles. The summed E-state index contributed by atoms with van der Waals surface area (Å²) in [5, 5.41) is 17.5. The van der Waals surface area contributed by atoms with Crippen LogP contribution in [0, 0.1) is 0 Å². The van der Waals surface area contributed by atoms with Gasteiger partial charge in [0.15, 0.2) is 0 Å². The van der Waals surface area contributed by atoms with Gasteiger partial charge in [-0.3, -0.25) is 14.8 Å². The number of amides is 2. The fourth-order valence-electron chi connectivity index (χ4n) is 4.86. The summed E-state index contributed by atoms with van der Waals surface area (Å²) in [7, 11) is 2.14. The molecule has 2 aromatic carbocycles. The molecule has 0 aliphatic carbocycles. The van der Waals surface area contributed by atoms with Gasteiger partial charge in [0.05, 0.1) is 17.6 Å². The third-order valence-corrected chi connectivity index (χ3v) is 7.07. The van der Waals surface area contributed by atoms with Crippen LogP contribution in [0.1, 0.15) is 31.0 Å². The van der Waals surface area contributed by atoms with Crippen LogP contribution in [0.25, 0.3) is 22.5 Å². The van der Waals surface area contributed by atoms with Crippen molar-refractivity contribution >= 4 is 17.4 Å². The fraction of sp³-hybridized carbons (Fsp3) is 0.226. The normalized spacial score (nSPS) is 13.2. The summed E-state index contributed by atoms with van der Waals surface area (Å²) in [4.78, 5) is 19.7. The summed E-state index contributed by atoms with van der Waals surface area (Å²) >= 11 is 0. The molecule has 2 amide bonds. The number of aromatic amines is 1. The first-order chi connectivity index (χ1) is 19.9. The maximum absolute atomic E-state index is 13.0. The Hall–Kier alpha value is -4.96. The molecule has 3 N–H and O–H groups in total. The number of likely N-dealkylation sites (N-methyl/N-ethyl adjacent to an activating group) is 1. The topological polar surface area (TPSA) is 113 Å². The Morgan fingerprint density at radius 2 is 1.85 bits per heavy atom. The van der Waals surface area contributed by atoms with E-state index in [0.717, 1.165) is 42.0 Å². The van der Waals surface area contributed by atoms with E-state index in [1.807, 2.05) is 16.9 Å². The lowest BCUT2D eigenvalue weighted by Gasteiger charge is -2.25. The second kappa shape index (κ2) is 11.3. The van der Waals surface area contributed by atoms with Crippen LogP contribution in [-0.4, -0.2) is 49.5 Å². The highest BCUT2D eigenvalue weighted by atomic mass is 16.5. The average molecular weight is 549 g/mol.